The molecule has 0 aliphatic heterocycles. The molecule has 0 heterocycles. The van der Waals surface area contributed by atoms with Crippen LogP contribution in [0.5, 0.6) is 0 Å². The Morgan fingerprint density at radius 1 is 0.577 bits per heavy atom. The Bertz CT molecular complexity index is 743. The highest BCUT2D eigenvalue weighted by Crippen LogP contribution is 2.13. The molecule has 4 nitrogen and oxygen atoms in total. The average molecular weight is 350 g/mol. The maximum atomic E-state index is 11.8. The molecule has 134 valence electrons. The van der Waals surface area contributed by atoms with E-state index in [1.165, 1.54) is 13.8 Å². The fourth-order valence-electron chi connectivity index (χ4n) is 2.66. The zero-order valence-electron chi connectivity index (χ0n) is 15.1. The minimum atomic E-state index is -0.158. The lowest BCUT2D eigenvalue weighted by atomic mass is 9.99. The first-order valence-electron chi connectivity index (χ1n) is 8.58. The Morgan fingerprint density at radius 3 is 1.15 bits per heavy atom. The number of rotatable bonds is 9. The smallest absolute Gasteiger partial charge is 0.170 e. The molecule has 4 heteroatoms. The van der Waals surface area contributed by atoms with Gasteiger partial charge in [0.2, 0.25) is 0 Å². The third kappa shape index (κ3) is 5.88. The molecule has 0 saturated heterocycles. The number of Topliss-reactive ketones (excluding diaryl/α,β-unsaturated/α-hetero) is 4. The molecule has 2 aromatic carbocycles. The second-order valence-electron chi connectivity index (χ2n) is 6.50. The summed E-state index contributed by atoms with van der Waals surface area (Å²) in [6, 6.07) is 14.6. The van der Waals surface area contributed by atoms with Crippen molar-refractivity contribution in [3.05, 3.63) is 70.8 Å². The van der Waals surface area contributed by atoms with Crippen LogP contribution < -0.4 is 0 Å². The van der Waals surface area contributed by atoms with Gasteiger partial charge in [-0.05, 0) is 37.8 Å². The van der Waals surface area contributed by atoms with E-state index in [2.05, 4.69) is 0 Å². The molecule has 0 unspecified atom stereocenters. The Balaban J connectivity index is 1.92. The van der Waals surface area contributed by atoms with Crippen molar-refractivity contribution in [3.8, 4) is 0 Å². The molecule has 0 saturated carbocycles. The third-order valence-electron chi connectivity index (χ3n) is 4.07. The molecular weight excluding hydrogens is 328 g/mol. The Morgan fingerprint density at radius 2 is 0.885 bits per heavy atom. The lowest BCUT2D eigenvalue weighted by Gasteiger charge is -2.05. The second kappa shape index (κ2) is 8.99. The summed E-state index contributed by atoms with van der Waals surface area (Å²) in [5.41, 5.74) is 3.30. The highest BCUT2D eigenvalue weighted by atomic mass is 16.2. The lowest BCUT2D eigenvalue weighted by Crippen LogP contribution is -2.05. The van der Waals surface area contributed by atoms with Gasteiger partial charge < -0.3 is 0 Å². The Labute approximate surface area is 153 Å². The van der Waals surface area contributed by atoms with Crippen LogP contribution >= 0.6 is 0 Å². The lowest BCUT2D eigenvalue weighted by molar-refractivity contribution is -0.117. The van der Waals surface area contributed by atoms with Crippen LogP contribution in [0.4, 0.5) is 0 Å². The number of hydrogen-bond acceptors (Lipinski definition) is 4. The number of carbonyl (C=O) groups is 4. The van der Waals surface area contributed by atoms with Crippen molar-refractivity contribution in [3.63, 3.8) is 0 Å². The maximum Gasteiger partial charge on any atom is 0.170 e. The van der Waals surface area contributed by atoms with E-state index in [0.717, 1.165) is 24.0 Å². The van der Waals surface area contributed by atoms with Crippen molar-refractivity contribution in [1.82, 2.24) is 0 Å². The van der Waals surface area contributed by atoms with E-state index in [-0.39, 0.29) is 36.0 Å². The predicted octanol–water partition coefficient (Wildman–Crippen LogP) is 3.80. The molecule has 0 fully saturated rings. The standard InChI is InChI=1S/C22H22O4/c1-15(23)13-21(25)19-9-5-17(6-10-19)3-4-18-7-11-20(12-8-18)22(26)14-16(2)24/h5-12H,3-4,13-14H2,1-2H3. The topological polar surface area (TPSA) is 68.3 Å². The summed E-state index contributed by atoms with van der Waals surface area (Å²) in [6.07, 6.45) is 1.49. The van der Waals surface area contributed by atoms with E-state index in [9.17, 15) is 19.2 Å². The molecule has 0 aliphatic rings. The van der Waals surface area contributed by atoms with Gasteiger partial charge >= 0.3 is 0 Å². The molecule has 0 bridgehead atoms. The quantitative estimate of drug-likeness (QED) is 0.510. The van der Waals surface area contributed by atoms with Crippen LogP contribution in [0.1, 0.15) is 58.5 Å². The first-order valence-corrected chi connectivity index (χ1v) is 8.58. The van der Waals surface area contributed by atoms with Gasteiger partial charge in [-0.3, -0.25) is 19.2 Å². The summed E-state index contributed by atoms with van der Waals surface area (Å²) < 4.78 is 0. The van der Waals surface area contributed by atoms with Crippen LogP contribution in [-0.2, 0) is 22.4 Å². The zero-order chi connectivity index (χ0) is 19.1. The summed E-state index contributed by atoms with van der Waals surface area (Å²) in [5, 5.41) is 0. The van der Waals surface area contributed by atoms with Gasteiger partial charge in [-0.2, -0.15) is 0 Å². The predicted molar refractivity (Wildman–Crippen MR) is 99.5 cm³/mol. The molecular formula is C22H22O4. The minimum absolute atomic E-state index is 0.0615. The van der Waals surface area contributed by atoms with Gasteiger partial charge in [0.25, 0.3) is 0 Å². The van der Waals surface area contributed by atoms with Crippen molar-refractivity contribution >= 4 is 23.1 Å². The molecule has 0 aliphatic carbocycles. The van der Waals surface area contributed by atoms with Crippen molar-refractivity contribution in [1.29, 1.82) is 0 Å². The SMILES string of the molecule is CC(=O)CC(=O)c1ccc(CCc2ccc(C(=O)CC(C)=O)cc2)cc1. The highest BCUT2D eigenvalue weighted by molar-refractivity contribution is 6.07. The largest absolute Gasteiger partial charge is 0.300 e. The molecule has 0 aromatic heterocycles. The number of benzene rings is 2. The number of hydrogen-bond donors (Lipinski definition) is 0. The second-order valence-corrected chi connectivity index (χ2v) is 6.50. The summed E-state index contributed by atoms with van der Waals surface area (Å²) in [5.74, 6) is -0.585. The van der Waals surface area contributed by atoms with E-state index < -0.39 is 0 Å². The minimum Gasteiger partial charge on any atom is -0.300 e. The van der Waals surface area contributed by atoms with E-state index in [1.807, 2.05) is 24.3 Å². The molecule has 0 amide bonds. The van der Waals surface area contributed by atoms with Gasteiger partial charge in [-0.1, -0.05) is 48.5 Å². The zero-order valence-corrected chi connectivity index (χ0v) is 15.1. The molecule has 0 N–H and O–H groups in total. The average Bonchev–Trinajstić information content (AvgIpc) is 2.59. The van der Waals surface area contributed by atoms with Gasteiger partial charge in [0, 0.05) is 11.1 Å². The summed E-state index contributed by atoms with van der Waals surface area (Å²) in [7, 11) is 0. The van der Waals surface area contributed by atoms with Gasteiger partial charge in [0.15, 0.2) is 11.6 Å². The molecule has 0 spiro atoms. The molecule has 2 aromatic rings. The normalized spacial score (nSPS) is 10.4. The Kier molecular flexibility index (Phi) is 6.73. The fraction of sp³-hybridized carbons (Fsp3) is 0.273. The monoisotopic (exact) mass is 350 g/mol. The van der Waals surface area contributed by atoms with E-state index >= 15 is 0 Å². The number of aryl methyl sites for hydroxylation is 2. The van der Waals surface area contributed by atoms with Crippen LogP contribution in [0.3, 0.4) is 0 Å². The molecule has 2 rings (SSSR count). The van der Waals surface area contributed by atoms with Crippen LogP contribution in [0.15, 0.2) is 48.5 Å². The van der Waals surface area contributed by atoms with Crippen LogP contribution in [0, 0.1) is 0 Å². The first kappa shape index (κ1) is 19.4. The van der Waals surface area contributed by atoms with Crippen LogP contribution in [0.2, 0.25) is 0 Å². The molecule has 26 heavy (non-hydrogen) atoms. The van der Waals surface area contributed by atoms with E-state index in [1.54, 1.807) is 24.3 Å². The number of carbonyl (C=O) groups excluding carboxylic acids is 4. The van der Waals surface area contributed by atoms with E-state index in [0.29, 0.717) is 11.1 Å². The van der Waals surface area contributed by atoms with Crippen molar-refractivity contribution in [2.45, 2.75) is 39.5 Å². The number of ketones is 4. The van der Waals surface area contributed by atoms with Crippen molar-refractivity contribution in [2.75, 3.05) is 0 Å². The summed E-state index contributed by atoms with van der Waals surface area (Å²) in [4.78, 5) is 45.7. The van der Waals surface area contributed by atoms with E-state index in [4.69, 9.17) is 0 Å². The van der Waals surface area contributed by atoms with Gasteiger partial charge in [0.1, 0.15) is 11.6 Å². The van der Waals surface area contributed by atoms with Gasteiger partial charge in [0.05, 0.1) is 12.8 Å². The van der Waals surface area contributed by atoms with Gasteiger partial charge in [-0.15, -0.1) is 0 Å². The van der Waals surface area contributed by atoms with Crippen molar-refractivity contribution in [2.24, 2.45) is 0 Å². The Hall–Kier alpha value is -2.88. The first-order chi connectivity index (χ1) is 12.3. The maximum absolute atomic E-state index is 11.8. The molecule has 0 radical (unpaired) electrons. The summed E-state index contributed by atoms with van der Waals surface area (Å²) in [6.45, 7) is 2.82. The summed E-state index contributed by atoms with van der Waals surface area (Å²) >= 11 is 0. The highest BCUT2D eigenvalue weighted by Gasteiger charge is 2.09. The van der Waals surface area contributed by atoms with Crippen molar-refractivity contribution < 1.29 is 19.2 Å². The van der Waals surface area contributed by atoms with Crippen LogP contribution in [0.25, 0.3) is 0 Å². The van der Waals surface area contributed by atoms with Crippen LogP contribution in [-0.4, -0.2) is 23.1 Å². The molecule has 0 atom stereocenters. The third-order valence-corrected chi connectivity index (χ3v) is 4.07. The van der Waals surface area contributed by atoms with Gasteiger partial charge in [-0.25, -0.2) is 0 Å². The fourth-order valence-corrected chi connectivity index (χ4v) is 2.66.